The van der Waals surface area contributed by atoms with Crippen molar-refractivity contribution in [2.24, 2.45) is 5.41 Å². The number of carboxylic acids is 1. The van der Waals surface area contributed by atoms with Crippen LogP contribution in [-0.2, 0) is 11.3 Å². The number of thiophene rings is 1. The molecule has 0 bridgehead atoms. The Kier molecular flexibility index (Phi) is 3.86. The highest BCUT2D eigenvalue weighted by molar-refractivity contribution is 7.13. The molecule has 104 valence electrons. The van der Waals surface area contributed by atoms with Crippen LogP contribution in [0.5, 0.6) is 0 Å². The number of carbonyl (C=O) groups is 1. The van der Waals surface area contributed by atoms with E-state index in [0.29, 0.717) is 32.5 Å². The van der Waals surface area contributed by atoms with Crippen LogP contribution in [0.25, 0.3) is 0 Å². The smallest absolute Gasteiger partial charge is 0.324 e. The number of carboxylic acid groups (broad SMARTS) is 1. The van der Waals surface area contributed by atoms with E-state index in [-0.39, 0.29) is 9.92 Å². The van der Waals surface area contributed by atoms with Gasteiger partial charge in [0.25, 0.3) is 0 Å². The van der Waals surface area contributed by atoms with Gasteiger partial charge < -0.3 is 5.11 Å². The van der Waals surface area contributed by atoms with E-state index in [1.807, 2.05) is 0 Å². The van der Waals surface area contributed by atoms with E-state index in [1.54, 1.807) is 18.4 Å². The number of rotatable bonds is 4. The number of nitro groups is 1. The molecule has 7 heteroatoms. The summed E-state index contributed by atoms with van der Waals surface area (Å²) in [6, 6.07) is 1.59. The Hall–Kier alpha value is -1.47. The average Bonchev–Trinajstić information content (AvgIpc) is 2.81. The van der Waals surface area contributed by atoms with Gasteiger partial charge in [-0.15, -0.1) is 0 Å². The van der Waals surface area contributed by atoms with E-state index < -0.39 is 11.4 Å². The maximum Gasteiger partial charge on any atom is 0.324 e. The van der Waals surface area contributed by atoms with E-state index in [9.17, 15) is 14.9 Å². The summed E-state index contributed by atoms with van der Waals surface area (Å²) < 4.78 is 0. The fraction of sp³-hybridized carbons (Fsp3) is 0.583. The molecule has 0 amide bonds. The largest absolute Gasteiger partial charge is 0.481 e. The Morgan fingerprint density at radius 1 is 1.58 bits per heavy atom. The molecular formula is C12H16N2O4S. The lowest BCUT2D eigenvalue weighted by atomic mass is 9.80. The Bertz CT molecular complexity index is 492. The van der Waals surface area contributed by atoms with Crippen LogP contribution < -0.4 is 0 Å². The van der Waals surface area contributed by atoms with E-state index >= 15 is 0 Å². The zero-order chi connectivity index (χ0) is 14.0. The van der Waals surface area contributed by atoms with Crippen molar-refractivity contribution < 1.29 is 14.8 Å². The van der Waals surface area contributed by atoms with E-state index in [2.05, 4.69) is 4.90 Å². The van der Waals surface area contributed by atoms with Crippen molar-refractivity contribution in [3.8, 4) is 0 Å². The third kappa shape index (κ3) is 3.10. The van der Waals surface area contributed by atoms with Gasteiger partial charge in [0.1, 0.15) is 0 Å². The van der Waals surface area contributed by atoms with Crippen LogP contribution in [0.1, 0.15) is 25.3 Å². The lowest BCUT2D eigenvalue weighted by Gasteiger charge is -2.36. The molecule has 1 saturated heterocycles. The topological polar surface area (TPSA) is 83.7 Å². The van der Waals surface area contributed by atoms with Gasteiger partial charge >= 0.3 is 11.0 Å². The van der Waals surface area contributed by atoms with Gasteiger partial charge in [-0.25, -0.2) is 0 Å². The second kappa shape index (κ2) is 5.26. The van der Waals surface area contributed by atoms with Gasteiger partial charge in [-0.2, -0.15) is 0 Å². The maximum atomic E-state index is 11.1. The van der Waals surface area contributed by atoms with Crippen molar-refractivity contribution in [3.05, 3.63) is 27.1 Å². The highest BCUT2D eigenvalue weighted by Crippen LogP contribution is 2.32. The molecular weight excluding hydrogens is 268 g/mol. The van der Waals surface area contributed by atoms with Crippen LogP contribution >= 0.6 is 11.3 Å². The summed E-state index contributed by atoms with van der Waals surface area (Å²) in [7, 11) is 0. The summed E-state index contributed by atoms with van der Waals surface area (Å²) >= 11 is 1.13. The quantitative estimate of drug-likeness (QED) is 0.677. The van der Waals surface area contributed by atoms with Crippen molar-refractivity contribution in [1.82, 2.24) is 4.90 Å². The molecule has 1 aliphatic rings. The molecule has 1 N–H and O–H groups in total. The monoisotopic (exact) mass is 284 g/mol. The number of likely N-dealkylation sites (tertiary alicyclic amines) is 1. The lowest BCUT2D eigenvalue weighted by Crippen LogP contribution is -2.42. The first kappa shape index (κ1) is 14.0. The van der Waals surface area contributed by atoms with E-state index in [1.165, 1.54) is 0 Å². The molecule has 0 aliphatic carbocycles. The fourth-order valence-corrected chi connectivity index (χ4v) is 2.94. The average molecular weight is 284 g/mol. The number of hydrogen-bond acceptors (Lipinski definition) is 5. The zero-order valence-electron chi connectivity index (χ0n) is 10.7. The van der Waals surface area contributed by atoms with Crippen molar-refractivity contribution in [2.75, 3.05) is 13.1 Å². The standard InChI is InChI=1S/C12H16N2O4S/c1-12(11(15)16)2-4-13(5-3-12)7-9-6-10(14(17)18)19-8-9/h6,8H,2-5,7H2,1H3,(H,15,16). The van der Waals surface area contributed by atoms with Gasteiger partial charge in [0.15, 0.2) is 0 Å². The highest BCUT2D eigenvalue weighted by atomic mass is 32.1. The number of hydrogen-bond donors (Lipinski definition) is 1. The Labute approximate surface area is 114 Å². The van der Waals surface area contributed by atoms with Crippen molar-refractivity contribution in [3.63, 3.8) is 0 Å². The molecule has 2 heterocycles. The van der Waals surface area contributed by atoms with Crippen molar-refractivity contribution in [1.29, 1.82) is 0 Å². The predicted molar refractivity (Wildman–Crippen MR) is 71.2 cm³/mol. The van der Waals surface area contributed by atoms with Crippen molar-refractivity contribution >= 4 is 22.3 Å². The molecule has 1 aromatic heterocycles. The highest BCUT2D eigenvalue weighted by Gasteiger charge is 2.36. The van der Waals surface area contributed by atoms with Gasteiger partial charge in [0.05, 0.1) is 10.3 Å². The van der Waals surface area contributed by atoms with E-state index in [0.717, 1.165) is 16.9 Å². The molecule has 0 unspecified atom stereocenters. The summed E-state index contributed by atoms with van der Waals surface area (Å²) in [5.41, 5.74) is 0.299. The molecule has 0 aromatic carbocycles. The van der Waals surface area contributed by atoms with Gasteiger partial charge in [-0.1, -0.05) is 11.3 Å². The summed E-state index contributed by atoms with van der Waals surface area (Å²) in [6.07, 6.45) is 1.24. The van der Waals surface area contributed by atoms with Crippen LogP contribution in [0.4, 0.5) is 5.00 Å². The minimum atomic E-state index is -0.738. The minimum Gasteiger partial charge on any atom is -0.481 e. The van der Waals surface area contributed by atoms with Gasteiger partial charge in [0.2, 0.25) is 0 Å². The molecule has 1 aromatic rings. The van der Waals surface area contributed by atoms with Crippen LogP contribution in [0.2, 0.25) is 0 Å². The molecule has 0 spiro atoms. The molecule has 2 rings (SSSR count). The third-order valence-electron chi connectivity index (χ3n) is 3.70. The molecule has 19 heavy (non-hydrogen) atoms. The Balaban J connectivity index is 1.92. The molecule has 6 nitrogen and oxygen atoms in total. The zero-order valence-corrected chi connectivity index (χ0v) is 11.5. The first-order chi connectivity index (χ1) is 8.90. The SMILES string of the molecule is CC1(C(=O)O)CCN(Cc2csc([N+](=O)[O-])c2)CC1. The van der Waals surface area contributed by atoms with Crippen LogP contribution in [0, 0.1) is 15.5 Å². The summed E-state index contributed by atoms with van der Waals surface area (Å²) in [5.74, 6) is -0.738. The third-order valence-corrected chi connectivity index (χ3v) is 4.63. The summed E-state index contributed by atoms with van der Waals surface area (Å²) in [4.78, 5) is 23.5. The van der Waals surface area contributed by atoms with Crippen LogP contribution in [-0.4, -0.2) is 34.0 Å². The molecule has 0 saturated carbocycles. The van der Waals surface area contributed by atoms with Crippen molar-refractivity contribution in [2.45, 2.75) is 26.3 Å². The van der Waals surface area contributed by atoms with Gasteiger partial charge in [0, 0.05) is 18.0 Å². The molecule has 1 fully saturated rings. The molecule has 0 radical (unpaired) electrons. The van der Waals surface area contributed by atoms with E-state index in [4.69, 9.17) is 5.11 Å². The van der Waals surface area contributed by atoms with Gasteiger partial charge in [-0.05, 0) is 38.4 Å². The summed E-state index contributed by atoms with van der Waals surface area (Å²) in [6.45, 7) is 3.86. The Morgan fingerprint density at radius 3 is 2.68 bits per heavy atom. The van der Waals surface area contributed by atoms with Crippen LogP contribution in [0.3, 0.4) is 0 Å². The first-order valence-electron chi connectivity index (χ1n) is 6.08. The summed E-state index contributed by atoms with van der Waals surface area (Å²) in [5, 5.41) is 21.7. The molecule has 1 aliphatic heterocycles. The maximum absolute atomic E-state index is 11.1. The van der Waals surface area contributed by atoms with Crippen LogP contribution in [0.15, 0.2) is 11.4 Å². The predicted octanol–water partition coefficient (Wildman–Crippen LogP) is 2.34. The van der Waals surface area contributed by atoms with Gasteiger partial charge in [-0.3, -0.25) is 19.8 Å². The fourth-order valence-electron chi connectivity index (χ4n) is 2.22. The minimum absolute atomic E-state index is 0.155. The lowest BCUT2D eigenvalue weighted by molar-refractivity contribution is -0.380. The second-order valence-electron chi connectivity index (χ2n) is 5.19. The Morgan fingerprint density at radius 2 is 2.21 bits per heavy atom. The first-order valence-corrected chi connectivity index (χ1v) is 6.96. The second-order valence-corrected chi connectivity index (χ2v) is 6.08. The number of nitrogens with zero attached hydrogens (tertiary/aromatic N) is 2. The normalized spacial score (nSPS) is 19.2. The molecule has 0 atom stereocenters. The number of piperidine rings is 1. The number of aliphatic carboxylic acids is 1.